The Morgan fingerprint density at radius 3 is 3.11 bits per heavy atom. The monoisotopic (exact) mass is 164 g/mol. The van der Waals surface area contributed by atoms with Crippen LogP contribution in [0.4, 0.5) is 0 Å². The van der Waals surface area contributed by atoms with Gasteiger partial charge in [0.1, 0.15) is 11.3 Å². The van der Waals surface area contributed by atoms with Crippen LogP contribution >= 0.6 is 11.5 Å². The topological polar surface area (TPSA) is 63.1 Å². The van der Waals surface area contributed by atoms with E-state index in [1.165, 1.54) is 17.0 Å². The number of rotatable bonds is 2. The molecular weight excluding hydrogens is 160 g/mol. The Kier molecular flexibility index (Phi) is 2.26. The molecule has 0 saturated carbocycles. The molecule has 1 rings (SSSR count). The highest BCUT2D eigenvalue weighted by atomic mass is 32.2. The summed E-state index contributed by atoms with van der Waals surface area (Å²) in [6.07, 6.45) is 0. The van der Waals surface area contributed by atoms with Crippen molar-refractivity contribution in [1.82, 2.24) is 9.36 Å². The van der Waals surface area contributed by atoms with Gasteiger partial charge >= 0.3 is 0 Å². The Bertz CT molecular complexity index is 198. The quantitative estimate of drug-likeness (QED) is 0.637. The SMILES string of the molecule is O=S(O)Cc1ncsn1. The summed E-state index contributed by atoms with van der Waals surface area (Å²) in [6, 6.07) is 0. The molecule has 6 heteroatoms. The molecule has 0 aliphatic heterocycles. The molecule has 1 atom stereocenters. The number of nitrogens with zero attached hydrogens (tertiary/aromatic N) is 2. The van der Waals surface area contributed by atoms with Gasteiger partial charge in [-0.3, -0.25) is 0 Å². The van der Waals surface area contributed by atoms with Gasteiger partial charge in [0.05, 0.1) is 0 Å². The Balaban J connectivity index is 2.58. The van der Waals surface area contributed by atoms with Crippen LogP contribution in [0.5, 0.6) is 0 Å². The lowest BCUT2D eigenvalue weighted by Crippen LogP contribution is -1.93. The summed E-state index contributed by atoms with van der Waals surface area (Å²) >= 11 is -0.638. The molecule has 0 spiro atoms. The van der Waals surface area contributed by atoms with Crippen LogP contribution in [-0.4, -0.2) is 18.1 Å². The van der Waals surface area contributed by atoms with Gasteiger partial charge in [-0.2, -0.15) is 4.37 Å². The fourth-order valence-corrected chi connectivity index (χ4v) is 1.26. The largest absolute Gasteiger partial charge is 0.306 e. The maximum Gasteiger partial charge on any atom is 0.160 e. The summed E-state index contributed by atoms with van der Waals surface area (Å²) in [5.74, 6) is 0.463. The van der Waals surface area contributed by atoms with Gasteiger partial charge in [0.25, 0.3) is 0 Å². The average molecular weight is 164 g/mol. The zero-order valence-electron chi connectivity index (χ0n) is 4.35. The fourth-order valence-electron chi connectivity index (χ4n) is 0.366. The predicted octanol–water partition coefficient (Wildman–Crippen LogP) is 0.260. The molecule has 0 amide bonds. The van der Waals surface area contributed by atoms with Gasteiger partial charge < -0.3 is 4.55 Å². The molecule has 0 aromatic carbocycles. The minimum absolute atomic E-state index is 0.0312. The van der Waals surface area contributed by atoms with E-state index < -0.39 is 11.1 Å². The molecule has 9 heavy (non-hydrogen) atoms. The molecule has 0 bridgehead atoms. The molecule has 1 heterocycles. The zero-order valence-corrected chi connectivity index (χ0v) is 5.98. The van der Waals surface area contributed by atoms with Gasteiger partial charge in [-0.1, -0.05) is 0 Å². The highest BCUT2D eigenvalue weighted by Gasteiger charge is 1.99. The number of hydrogen-bond acceptors (Lipinski definition) is 4. The van der Waals surface area contributed by atoms with Gasteiger partial charge in [0.15, 0.2) is 16.9 Å². The third kappa shape index (κ3) is 2.17. The van der Waals surface area contributed by atoms with Gasteiger partial charge in [0.2, 0.25) is 0 Å². The summed E-state index contributed by atoms with van der Waals surface area (Å²) in [7, 11) is 0. The summed E-state index contributed by atoms with van der Waals surface area (Å²) < 4.78 is 22.2. The molecule has 0 aliphatic carbocycles. The molecule has 0 saturated heterocycles. The molecule has 0 aliphatic rings. The van der Waals surface area contributed by atoms with Crippen LogP contribution in [0.2, 0.25) is 0 Å². The smallest absolute Gasteiger partial charge is 0.160 e. The number of aromatic nitrogens is 2. The predicted molar refractivity (Wildman–Crippen MR) is 34.4 cm³/mol. The van der Waals surface area contributed by atoms with Crippen molar-refractivity contribution >= 4 is 22.6 Å². The van der Waals surface area contributed by atoms with E-state index in [4.69, 9.17) is 4.55 Å². The average Bonchev–Trinajstić information content (AvgIpc) is 2.15. The summed E-state index contributed by atoms with van der Waals surface area (Å²) in [5, 5.41) is 0. The van der Waals surface area contributed by atoms with Gasteiger partial charge in [-0.05, 0) is 11.5 Å². The summed E-state index contributed by atoms with van der Waals surface area (Å²) in [6.45, 7) is 0. The molecule has 0 radical (unpaired) electrons. The van der Waals surface area contributed by atoms with E-state index >= 15 is 0 Å². The van der Waals surface area contributed by atoms with Crippen LogP contribution in [0.25, 0.3) is 0 Å². The molecule has 1 unspecified atom stereocenters. The first-order chi connectivity index (χ1) is 4.29. The van der Waals surface area contributed by atoms with Crippen molar-refractivity contribution in [3.63, 3.8) is 0 Å². The Morgan fingerprint density at radius 2 is 2.67 bits per heavy atom. The lowest BCUT2D eigenvalue weighted by molar-refractivity contribution is 0.562. The van der Waals surface area contributed by atoms with Crippen LogP contribution in [0, 0.1) is 0 Å². The molecule has 50 valence electrons. The highest BCUT2D eigenvalue weighted by molar-refractivity contribution is 7.78. The van der Waals surface area contributed by atoms with Gasteiger partial charge in [0, 0.05) is 0 Å². The fraction of sp³-hybridized carbons (Fsp3) is 0.333. The van der Waals surface area contributed by atoms with E-state index in [2.05, 4.69) is 9.36 Å². The molecule has 4 nitrogen and oxygen atoms in total. The van der Waals surface area contributed by atoms with Crippen molar-refractivity contribution in [3.05, 3.63) is 11.3 Å². The first-order valence-electron chi connectivity index (χ1n) is 2.12. The van der Waals surface area contributed by atoms with E-state index in [0.29, 0.717) is 5.82 Å². The minimum atomic E-state index is -1.81. The van der Waals surface area contributed by atoms with Crippen LogP contribution in [0.1, 0.15) is 5.82 Å². The van der Waals surface area contributed by atoms with E-state index in [1.54, 1.807) is 0 Å². The first kappa shape index (κ1) is 6.79. The summed E-state index contributed by atoms with van der Waals surface area (Å²) in [5.41, 5.74) is 1.53. The minimum Gasteiger partial charge on any atom is -0.306 e. The van der Waals surface area contributed by atoms with Crippen molar-refractivity contribution in [2.24, 2.45) is 0 Å². The van der Waals surface area contributed by atoms with Crippen molar-refractivity contribution in [2.45, 2.75) is 5.75 Å². The maximum absolute atomic E-state index is 10.1. The van der Waals surface area contributed by atoms with Crippen LogP contribution < -0.4 is 0 Å². The van der Waals surface area contributed by atoms with Crippen molar-refractivity contribution in [3.8, 4) is 0 Å². The van der Waals surface area contributed by atoms with E-state index in [9.17, 15) is 4.21 Å². The lowest BCUT2D eigenvalue weighted by atomic mass is 10.7. The third-order valence-corrected chi connectivity index (χ3v) is 1.68. The standard InChI is InChI=1S/C3H4N2O2S2/c6-9(7)1-3-4-2-8-5-3/h2H,1H2,(H,6,7). The maximum atomic E-state index is 10.1. The van der Waals surface area contributed by atoms with E-state index in [1.807, 2.05) is 0 Å². The normalized spacial score (nSPS) is 13.4. The molecule has 1 N–H and O–H groups in total. The Hall–Kier alpha value is -0.330. The van der Waals surface area contributed by atoms with E-state index in [-0.39, 0.29) is 5.75 Å². The van der Waals surface area contributed by atoms with E-state index in [0.717, 1.165) is 0 Å². The van der Waals surface area contributed by atoms with Gasteiger partial charge in [-0.25, -0.2) is 9.19 Å². The second-order valence-corrected chi connectivity index (χ2v) is 2.85. The molecule has 0 fully saturated rings. The van der Waals surface area contributed by atoms with Crippen LogP contribution in [0.15, 0.2) is 5.51 Å². The second-order valence-electron chi connectivity index (χ2n) is 1.31. The second kappa shape index (κ2) is 3.00. The lowest BCUT2D eigenvalue weighted by Gasteiger charge is -1.83. The highest BCUT2D eigenvalue weighted by Crippen LogP contribution is 1.95. The van der Waals surface area contributed by atoms with Gasteiger partial charge in [-0.15, -0.1) is 0 Å². The number of hydrogen-bond donors (Lipinski definition) is 1. The molecule has 1 aromatic heterocycles. The van der Waals surface area contributed by atoms with Crippen molar-refractivity contribution in [2.75, 3.05) is 0 Å². The Labute approximate surface area is 58.4 Å². The third-order valence-electron chi connectivity index (χ3n) is 0.660. The van der Waals surface area contributed by atoms with Crippen molar-refractivity contribution < 1.29 is 8.76 Å². The van der Waals surface area contributed by atoms with Crippen LogP contribution in [-0.2, 0) is 16.8 Å². The van der Waals surface area contributed by atoms with Crippen LogP contribution in [0.3, 0.4) is 0 Å². The summed E-state index contributed by atoms with van der Waals surface area (Å²) in [4.78, 5) is 3.71. The zero-order chi connectivity index (χ0) is 6.69. The van der Waals surface area contributed by atoms with Crippen molar-refractivity contribution in [1.29, 1.82) is 0 Å². The molecular formula is C3H4N2O2S2. The molecule has 1 aromatic rings. The Morgan fingerprint density at radius 1 is 1.89 bits per heavy atom. The first-order valence-corrected chi connectivity index (χ1v) is 4.23.